The van der Waals surface area contributed by atoms with Crippen LogP contribution in [0.1, 0.15) is 37.1 Å². The molecule has 2 rings (SSSR count). The maximum absolute atomic E-state index is 12.3. The molecule has 0 saturated carbocycles. The van der Waals surface area contributed by atoms with E-state index in [9.17, 15) is 4.79 Å². The zero-order valence-electron chi connectivity index (χ0n) is 11.2. The Labute approximate surface area is 108 Å². The van der Waals surface area contributed by atoms with Crippen molar-refractivity contribution in [1.82, 2.24) is 20.2 Å². The lowest BCUT2D eigenvalue weighted by Crippen LogP contribution is -2.46. The molecule has 5 nitrogen and oxygen atoms in total. The molecule has 0 spiro atoms. The fraction of sp³-hybridized carbons (Fsp3) is 0.615. The molecule has 0 aromatic carbocycles. The molecule has 1 saturated heterocycles. The Bertz CT molecular complexity index is 433. The Morgan fingerprint density at radius 2 is 2.00 bits per heavy atom. The third kappa shape index (κ3) is 2.85. The highest BCUT2D eigenvalue weighted by Gasteiger charge is 2.22. The molecular formula is C13H20N4O. The number of amides is 1. The van der Waals surface area contributed by atoms with Crippen molar-refractivity contribution >= 4 is 5.91 Å². The van der Waals surface area contributed by atoms with E-state index in [0.717, 1.165) is 26.2 Å². The lowest BCUT2D eigenvalue weighted by Gasteiger charge is -2.27. The van der Waals surface area contributed by atoms with Crippen LogP contribution in [-0.4, -0.2) is 47.0 Å². The van der Waals surface area contributed by atoms with Crippen molar-refractivity contribution in [2.75, 3.05) is 26.2 Å². The monoisotopic (exact) mass is 248 g/mol. The summed E-state index contributed by atoms with van der Waals surface area (Å²) in [5.74, 6) is 0.716. The molecule has 5 heteroatoms. The molecular weight excluding hydrogens is 228 g/mol. The van der Waals surface area contributed by atoms with Crippen LogP contribution in [0.15, 0.2) is 12.3 Å². The Morgan fingerprint density at radius 1 is 1.33 bits per heavy atom. The average molecular weight is 248 g/mol. The van der Waals surface area contributed by atoms with Gasteiger partial charge < -0.3 is 10.2 Å². The molecule has 1 amide bonds. The standard InChI is InChI=1S/C13H20N4O/c1-13(2,3)12-15-5-4-10(16-12)11(18)17-8-6-14-7-9-17/h4-5,14H,6-9H2,1-3H3. The lowest BCUT2D eigenvalue weighted by atomic mass is 9.95. The van der Waals surface area contributed by atoms with E-state index in [1.807, 2.05) is 25.7 Å². The van der Waals surface area contributed by atoms with Gasteiger partial charge in [0, 0.05) is 37.8 Å². The number of hydrogen-bond donors (Lipinski definition) is 1. The van der Waals surface area contributed by atoms with Crippen LogP contribution in [0.2, 0.25) is 0 Å². The van der Waals surface area contributed by atoms with Crippen LogP contribution in [-0.2, 0) is 5.41 Å². The summed E-state index contributed by atoms with van der Waals surface area (Å²) in [6, 6.07) is 1.69. The average Bonchev–Trinajstić information content (AvgIpc) is 2.38. The van der Waals surface area contributed by atoms with Gasteiger partial charge in [-0.05, 0) is 6.07 Å². The third-order valence-electron chi connectivity index (χ3n) is 2.95. The summed E-state index contributed by atoms with van der Waals surface area (Å²) in [7, 11) is 0. The summed E-state index contributed by atoms with van der Waals surface area (Å²) in [6.45, 7) is 9.32. The normalized spacial score (nSPS) is 16.7. The first kappa shape index (κ1) is 13.0. The molecule has 0 atom stereocenters. The van der Waals surface area contributed by atoms with Crippen molar-refractivity contribution in [1.29, 1.82) is 0 Å². The van der Waals surface area contributed by atoms with Crippen LogP contribution in [0.25, 0.3) is 0 Å². The van der Waals surface area contributed by atoms with Gasteiger partial charge in [-0.1, -0.05) is 20.8 Å². The first-order valence-electron chi connectivity index (χ1n) is 6.32. The zero-order valence-corrected chi connectivity index (χ0v) is 11.2. The van der Waals surface area contributed by atoms with Gasteiger partial charge >= 0.3 is 0 Å². The van der Waals surface area contributed by atoms with Gasteiger partial charge in [-0.25, -0.2) is 9.97 Å². The van der Waals surface area contributed by atoms with E-state index in [4.69, 9.17) is 0 Å². The molecule has 1 aromatic rings. The first-order valence-corrected chi connectivity index (χ1v) is 6.32. The summed E-state index contributed by atoms with van der Waals surface area (Å²) in [4.78, 5) is 22.8. The summed E-state index contributed by atoms with van der Waals surface area (Å²) >= 11 is 0. The molecule has 0 bridgehead atoms. The predicted octanol–water partition coefficient (Wildman–Crippen LogP) is 0.819. The molecule has 18 heavy (non-hydrogen) atoms. The van der Waals surface area contributed by atoms with Crippen LogP contribution >= 0.6 is 0 Å². The van der Waals surface area contributed by atoms with E-state index in [1.54, 1.807) is 12.3 Å². The quantitative estimate of drug-likeness (QED) is 0.799. The van der Waals surface area contributed by atoms with Crippen LogP contribution in [0.3, 0.4) is 0 Å². The lowest BCUT2D eigenvalue weighted by molar-refractivity contribution is 0.0729. The summed E-state index contributed by atoms with van der Waals surface area (Å²) in [6.07, 6.45) is 1.67. The van der Waals surface area contributed by atoms with Gasteiger partial charge in [0.2, 0.25) is 0 Å². The smallest absolute Gasteiger partial charge is 0.272 e. The van der Waals surface area contributed by atoms with Gasteiger partial charge in [0.25, 0.3) is 5.91 Å². The van der Waals surface area contributed by atoms with E-state index in [2.05, 4.69) is 15.3 Å². The van der Waals surface area contributed by atoms with Gasteiger partial charge in [-0.3, -0.25) is 4.79 Å². The number of nitrogens with one attached hydrogen (secondary N) is 1. The predicted molar refractivity (Wildman–Crippen MR) is 69.5 cm³/mol. The molecule has 1 aromatic heterocycles. The van der Waals surface area contributed by atoms with E-state index < -0.39 is 0 Å². The molecule has 1 aliphatic heterocycles. The van der Waals surface area contributed by atoms with Crippen LogP contribution in [0.4, 0.5) is 0 Å². The molecule has 1 N–H and O–H groups in total. The molecule has 2 heterocycles. The Kier molecular flexibility index (Phi) is 3.61. The van der Waals surface area contributed by atoms with Crippen molar-refractivity contribution in [3.05, 3.63) is 23.8 Å². The molecule has 0 radical (unpaired) electrons. The minimum Gasteiger partial charge on any atom is -0.335 e. The van der Waals surface area contributed by atoms with Crippen molar-refractivity contribution in [2.24, 2.45) is 0 Å². The van der Waals surface area contributed by atoms with Crippen LogP contribution < -0.4 is 5.32 Å². The maximum Gasteiger partial charge on any atom is 0.272 e. The van der Waals surface area contributed by atoms with Gasteiger partial charge in [0.1, 0.15) is 11.5 Å². The summed E-state index contributed by atoms with van der Waals surface area (Å²) in [5.41, 5.74) is 0.358. The Hall–Kier alpha value is -1.49. The Morgan fingerprint density at radius 3 is 2.61 bits per heavy atom. The molecule has 0 aliphatic carbocycles. The second kappa shape index (κ2) is 5.02. The molecule has 1 aliphatic rings. The highest BCUT2D eigenvalue weighted by Crippen LogP contribution is 2.17. The number of carbonyl (C=O) groups excluding carboxylic acids is 1. The maximum atomic E-state index is 12.3. The minimum atomic E-state index is -0.139. The molecule has 0 unspecified atom stereocenters. The SMILES string of the molecule is CC(C)(C)c1nccc(C(=O)N2CCNCC2)n1. The summed E-state index contributed by atoms with van der Waals surface area (Å²) in [5, 5.41) is 3.23. The Balaban J connectivity index is 2.20. The van der Waals surface area contributed by atoms with E-state index in [0.29, 0.717) is 11.5 Å². The molecule has 1 fully saturated rings. The fourth-order valence-corrected chi connectivity index (χ4v) is 1.87. The second-order valence-corrected chi connectivity index (χ2v) is 5.56. The van der Waals surface area contributed by atoms with Crippen molar-refractivity contribution in [3.63, 3.8) is 0 Å². The van der Waals surface area contributed by atoms with Crippen molar-refractivity contribution in [2.45, 2.75) is 26.2 Å². The number of nitrogens with zero attached hydrogens (tertiary/aromatic N) is 3. The number of piperazine rings is 1. The fourth-order valence-electron chi connectivity index (χ4n) is 1.87. The molecule has 98 valence electrons. The number of carbonyl (C=O) groups is 1. The van der Waals surface area contributed by atoms with E-state index in [-0.39, 0.29) is 11.3 Å². The number of rotatable bonds is 1. The number of hydrogen-bond acceptors (Lipinski definition) is 4. The van der Waals surface area contributed by atoms with E-state index >= 15 is 0 Å². The topological polar surface area (TPSA) is 58.1 Å². The van der Waals surface area contributed by atoms with Crippen LogP contribution in [0, 0.1) is 0 Å². The number of aromatic nitrogens is 2. The highest BCUT2D eigenvalue weighted by molar-refractivity contribution is 5.92. The van der Waals surface area contributed by atoms with Gasteiger partial charge in [-0.15, -0.1) is 0 Å². The van der Waals surface area contributed by atoms with Gasteiger partial charge in [0.15, 0.2) is 0 Å². The minimum absolute atomic E-state index is 0.00407. The first-order chi connectivity index (χ1) is 8.48. The van der Waals surface area contributed by atoms with Crippen LogP contribution in [0.5, 0.6) is 0 Å². The van der Waals surface area contributed by atoms with Gasteiger partial charge in [-0.2, -0.15) is 0 Å². The largest absolute Gasteiger partial charge is 0.335 e. The summed E-state index contributed by atoms with van der Waals surface area (Å²) < 4.78 is 0. The van der Waals surface area contributed by atoms with Crippen molar-refractivity contribution < 1.29 is 4.79 Å². The van der Waals surface area contributed by atoms with Gasteiger partial charge in [0.05, 0.1) is 0 Å². The highest BCUT2D eigenvalue weighted by atomic mass is 16.2. The van der Waals surface area contributed by atoms with Crippen molar-refractivity contribution in [3.8, 4) is 0 Å². The zero-order chi connectivity index (χ0) is 13.2. The third-order valence-corrected chi connectivity index (χ3v) is 2.95. The second-order valence-electron chi connectivity index (χ2n) is 5.56. The van der Waals surface area contributed by atoms with E-state index in [1.165, 1.54) is 0 Å².